The standard InChI is InChI=1S/C19H22FNO3/c1-3-18(24-17-6-4-5-16(13-17)23-2)19(22)21-12-11-14-7-9-15(20)10-8-14/h4-10,13,18H,3,11-12H2,1-2H3,(H,21,22). The third kappa shape index (κ3) is 5.26. The van der Waals surface area contributed by atoms with Gasteiger partial charge in [0.15, 0.2) is 6.10 Å². The first kappa shape index (κ1) is 17.8. The van der Waals surface area contributed by atoms with E-state index in [0.717, 1.165) is 5.56 Å². The van der Waals surface area contributed by atoms with E-state index in [4.69, 9.17) is 9.47 Å². The molecule has 2 aromatic carbocycles. The second kappa shape index (κ2) is 8.91. The van der Waals surface area contributed by atoms with Gasteiger partial charge in [0.05, 0.1) is 7.11 Å². The fourth-order valence-corrected chi connectivity index (χ4v) is 2.26. The maximum atomic E-state index is 12.9. The topological polar surface area (TPSA) is 47.6 Å². The van der Waals surface area contributed by atoms with Gasteiger partial charge in [-0.15, -0.1) is 0 Å². The Morgan fingerprint density at radius 3 is 2.54 bits per heavy atom. The zero-order valence-corrected chi connectivity index (χ0v) is 13.9. The molecule has 0 radical (unpaired) electrons. The van der Waals surface area contributed by atoms with E-state index in [0.29, 0.717) is 30.9 Å². The minimum Gasteiger partial charge on any atom is -0.497 e. The number of hydrogen-bond donors (Lipinski definition) is 1. The van der Waals surface area contributed by atoms with Gasteiger partial charge in [0.2, 0.25) is 0 Å². The van der Waals surface area contributed by atoms with Crippen molar-refractivity contribution in [2.24, 2.45) is 0 Å². The Kier molecular flexibility index (Phi) is 6.61. The van der Waals surface area contributed by atoms with E-state index in [2.05, 4.69) is 5.32 Å². The molecular weight excluding hydrogens is 309 g/mol. The summed E-state index contributed by atoms with van der Waals surface area (Å²) in [5.41, 5.74) is 0.971. The fourth-order valence-electron chi connectivity index (χ4n) is 2.26. The van der Waals surface area contributed by atoms with Crippen LogP contribution in [-0.2, 0) is 11.2 Å². The number of amides is 1. The van der Waals surface area contributed by atoms with Gasteiger partial charge in [0.25, 0.3) is 5.91 Å². The maximum Gasteiger partial charge on any atom is 0.261 e. The Balaban J connectivity index is 1.85. The number of methoxy groups -OCH3 is 1. The molecule has 0 aromatic heterocycles. The van der Waals surface area contributed by atoms with Gasteiger partial charge in [-0.05, 0) is 42.7 Å². The van der Waals surface area contributed by atoms with Crippen LogP contribution in [0.4, 0.5) is 4.39 Å². The number of nitrogens with one attached hydrogen (secondary N) is 1. The molecule has 0 heterocycles. The van der Waals surface area contributed by atoms with Gasteiger partial charge in [-0.2, -0.15) is 0 Å². The van der Waals surface area contributed by atoms with Crippen molar-refractivity contribution in [3.8, 4) is 11.5 Å². The third-order valence-electron chi connectivity index (χ3n) is 3.61. The van der Waals surface area contributed by atoms with Gasteiger partial charge in [-0.25, -0.2) is 4.39 Å². The summed E-state index contributed by atoms with van der Waals surface area (Å²) in [5.74, 6) is 0.844. The summed E-state index contributed by atoms with van der Waals surface area (Å²) in [5, 5.41) is 2.86. The molecule has 2 aromatic rings. The molecule has 128 valence electrons. The normalized spacial score (nSPS) is 11.6. The molecule has 0 aliphatic heterocycles. The van der Waals surface area contributed by atoms with Crippen molar-refractivity contribution in [3.63, 3.8) is 0 Å². The fraction of sp³-hybridized carbons (Fsp3) is 0.316. The minimum absolute atomic E-state index is 0.164. The molecular formula is C19H22FNO3. The van der Waals surface area contributed by atoms with E-state index >= 15 is 0 Å². The van der Waals surface area contributed by atoms with Crippen LogP contribution in [-0.4, -0.2) is 25.7 Å². The number of hydrogen-bond acceptors (Lipinski definition) is 3. The molecule has 1 atom stereocenters. The zero-order valence-electron chi connectivity index (χ0n) is 13.9. The zero-order chi connectivity index (χ0) is 17.4. The summed E-state index contributed by atoms with van der Waals surface area (Å²) in [7, 11) is 1.58. The molecule has 0 aliphatic carbocycles. The minimum atomic E-state index is -0.565. The van der Waals surface area contributed by atoms with Crippen LogP contribution in [0.5, 0.6) is 11.5 Å². The predicted octanol–water partition coefficient (Wildman–Crippen LogP) is 3.35. The van der Waals surface area contributed by atoms with Crippen molar-refractivity contribution in [2.75, 3.05) is 13.7 Å². The first-order valence-electron chi connectivity index (χ1n) is 7.95. The van der Waals surface area contributed by atoms with Crippen molar-refractivity contribution in [2.45, 2.75) is 25.9 Å². The number of carbonyl (C=O) groups is 1. The summed E-state index contributed by atoms with van der Waals surface area (Å²) < 4.78 is 23.7. The molecule has 1 amide bonds. The van der Waals surface area contributed by atoms with E-state index in [1.165, 1.54) is 12.1 Å². The molecule has 1 unspecified atom stereocenters. The molecule has 0 spiro atoms. The Morgan fingerprint density at radius 1 is 1.17 bits per heavy atom. The lowest BCUT2D eigenvalue weighted by atomic mass is 10.1. The summed E-state index contributed by atoms with van der Waals surface area (Å²) in [6.45, 7) is 2.37. The van der Waals surface area contributed by atoms with Crippen molar-refractivity contribution < 1.29 is 18.7 Å². The maximum absolute atomic E-state index is 12.9. The first-order chi connectivity index (χ1) is 11.6. The van der Waals surface area contributed by atoms with Crippen molar-refractivity contribution in [3.05, 3.63) is 59.9 Å². The second-order valence-corrected chi connectivity index (χ2v) is 5.36. The van der Waals surface area contributed by atoms with Crippen LogP contribution in [0.3, 0.4) is 0 Å². The predicted molar refractivity (Wildman–Crippen MR) is 90.8 cm³/mol. The summed E-state index contributed by atoms with van der Waals surface area (Å²) in [6.07, 6.45) is 0.631. The Labute approximate surface area is 141 Å². The number of ether oxygens (including phenoxy) is 2. The molecule has 2 rings (SSSR count). The second-order valence-electron chi connectivity index (χ2n) is 5.36. The van der Waals surface area contributed by atoms with E-state index in [-0.39, 0.29) is 11.7 Å². The summed E-state index contributed by atoms with van der Waals surface area (Å²) >= 11 is 0. The van der Waals surface area contributed by atoms with Crippen LogP contribution >= 0.6 is 0 Å². The van der Waals surface area contributed by atoms with Gasteiger partial charge < -0.3 is 14.8 Å². The van der Waals surface area contributed by atoms with E-state index < -0.39 is 6.10 Å². The number of benzene rings is 2. The van der Waals surface area contributed by atoms with E-state index in [1.54, 1.807) is 31.4 Å². The number of carbonyl (C=O) groups excluding carboxylic acids is 1. The molecule has 0 bridgehead atoms. The largest absolute Gasteiger partial charge is 0.497 e. The molecule has 4 nitrogen and oxygen atoms in total. The van der Waals surface area contributed by atoms with Crippen molar-refractivity contribution in [1.82, 2.24) is 5.32 Å². The molecule has 24 heavy (non-hydrogen) atoms. The van der Waals surface area contributed by atoms with E-state index in [9.17, 15) is 9.18 Å². The molecule has 0 aliphatic rings. The average molecular weight is 331 g/mol. The highest BCUT2D eigenvalue weighted by Gasteiger charge is 2.18. The van der Waals surface area contributed by atoms with Gasteiger partial charge >= 0.3 is 0 Å². The Morgan fingerprint density at radius 2 is 1.88 bits per heavy atom. The quantitative estimate of drug-likeness (QED) is 0.807. The van der Waals surface area contributed by atoms with Crippen LogP contribution in [0.25, 0.3) is 0 Å². The highest BCUT2D eigenvalue weighted by Crippen LogP contribution is 2.20. The van der Waals surface area contributed by atoms with Crippen LogP contribution in [0.1, 0.15) is 18.9 Å². The SMILES string of the molecule is CCC(Oc1cccc(OC)c1)C(=O)NCCc1ccc(F)cc1. The highest BCUT2D eigenvalue weighted by atomic mass is 19.1. The van der Waals surface area contributed by atoms with Gasteiger partial charge in [-0.3, -0.25) is 4.79 Å². The Bertz CT molecular complexity index is 658. The molecule has 0 saturated heterocycles. The average Bonchev–Trinajstić information content (AvgIpc) is 2.61. The van der Waals surface area contributed by atoms with Crippen molar-refractivity contribution >= 4 is 5.91 Å². The highest BCUT2D eigenvalue weighted by molar-refractivity contribution is 5.81. The number of halogens is 1. The van der Waals surface area contributed by atoms with Crippen LogP contribution < -0.4 is 14.8 Å². The summed E-state index contributed by atoms with van der Waals surface area (Å²) in [6, 6.07) is 13.4. The smallest absolute Gasteiger partial charge is 0.261 e. The van der Waals surface area contributed by atoms with Crippen LogP contribution in [0.15, 0.2) is 48.5 Å². The first-order valence-corrected chi connectivity index (χ1v) is 7.95. The lowest BCUT2D eigenvalue weighted by Gasteiger charge is -2.17. The molecule has 0 saturated carbocycles. The molecule has 5 heteroatoms. The van der Waals surface area contributed by atoms with Crippen molar-refractivity contribution in [1.29, 1.82) is 0 Å². The lowest BCUT2D eigenvalue weighted by molar-refractivity contribution is -0.128. The summed E-state index contributed by atoms with van der Waals surface area (Å²) in [4.78, 5) is 12.3. The molecule has 0 fully saturated rings. The van der Waals surface area contributed by atoms with Crippen LogP contribution in [0, 0.1) is 5.82 Å². The van der Waals surface area contributed by atoms with E-state index in [1.807, 2.05) is 19.1 Å². The third-order valence-corrected chi connectivity index (χ3v) is 3.61. The van der Waals surface area contributed by atoms with Gasteiger partial charge in [0, 0.05) is 12.6 Å². The van der Waals surface area contributed by atoms with Crippen LogP contribution in [0.2, 0.25) is 0 Å². The van der Waals surface area contributed by atoms with Gasteiger partial charge in [-0.1, -0.05) is 25.1 Å². The monoisotopic (exact) mass is 331 g/mol. The molecule has 1 N–H and O–H groups in total. The lowest BCUT2D eigenvalue weighted by Crippen LogP contribution is -2.38. The Hall–Kier alpha value is -2.56. The number of rotatable bonds is 8. The van der Waals surface area contributed by atoms with Gasteiger partial charge in [0.1, 0.15) is 17.3 Å².